The molecule has 0 radical (unpaired) electrons. The van der Waals surface area contributed by atoms with Crippen LogP contribution in [-0.2, 0) is 17.4 Å². The molecule has 4 aromatic rings. The number of allylic oxidation sites excluding steroid dienone is 2. The van der Waals surface area contributed by atoms with E-state index in [4.69, 9.17) is 15.0 Å². The first kappa shape index (κ1) is 25.2. The van der Waals surface area contributed by atoms with E-state index in [0.29, 0.717) is 17.5 Å². The second kappa shape index (κ2) is 9.30. The van der Waals surface area contributed by atoms with E-state index in [-0.39, 0.29) is 16.9 Å². The van der Waals surface area contributed by atoms with Gasteiger partial charge in [0, 0.05) is 29.4 Å². The molecule has 1 unspecified atom stereocenters. The van der Waals surface area contributed by atoms with Gasteiger partial charge in [0.25, 0.3) is 0 Å². The lowest BCUT2D eigenvalue weighted by Crippen LogP contribution is -2.17. The summed E-state index contributed by atoms with van der Waals surface area (Å²) in [5, 5.41) is 0. The standard InChI is InChI=1S/C35H36N4/c1-34(2,3)27-16-11-23(12-17-27)31-36-32(24-13-18-28(19-14-24)35(4,5)6)38-33(37-31)26-15-20-30-29-10-8-7-9-25(29)21-39(30)22-26/h7-20,22,30H,21H2,1-6H3. The average molecular weight is 513 g/mol. The Labute approximate surface area is 232 Å². The number of rotatable bonds is 3. The molecule has 0 amide bonds. The molecule has 6 rings (SSSR count). The van der Waals surface area contributed by atoms with Gasteiger partial charge in [-0.2, -0.15) is 0 Å². The van der Waals surface area contributed by atoms with Crippen LogP contribution in [0.1, 0.15) is 75.7 Å². The molecule has 1 aromatic heterocycles. The maximum Gasteiger partial charge on any atom is 0.165 e. The van der Waals surface area contributed by atoms with Crippen molar-refractivity contribution in [2.24, 2.45) is 0 Å². The topological polar surface area (TPSA) is 41.9 Å². The Kier molecular flexibility index (Phi) is 6.02. The Morgan fingerprint density at radius 2 is 1.15 bits per heavy atom. The maximum atomic E-state index is 5.00. The van der Waals surface area contributed by atoms with Gasteiger partial charge in [-0.05, 0) is 33.1 Å². The minimum absolute atomic E-state index is 0.0876. The Bertz CT molecular complexity index is 1500. The van der Waals surface area contributed by atoms with Crippen molar-refractivity contribution in [2.45, 2.75) is 65.0 Å². The second-order valence-electron chi connectivity index (χ2n) is 12.7. The minimum atomic E-state index is 0.0876. The fourth-order valence-corrected chi connectivity index (χ4v) is 5.33. The van der Waals surface area contributed by atoms with Gasteiger partial charge in [0.1, 0.15) is 0 Å². The lowest BCUT2D eigenvalue weighted by atomic mass is 9.86. The van der Waals surface area contributed by atoms with Gasteiger partial charge >= 0.3 is 0 Å². The molecule has 4 heteroatoms. The summed E-state index contributed by atoms with van der Waals surface area (Å²) in [6, 6.07) is 26.2. The molecule has 2 aliphatic heterocycles. The van der Waals surface area contributed by atoms with Gasteiger partial charge in [-0.15, -0.1) is 0 Å². The van der Waals surface area contributed by atoms with Crippen LogP contribution in [0.2, 0.25) is 0 Å². The van der Waals surface area contributed by atoms with Crippen LogP contribution in [0.4, 0.5) is 0 Å². The number of aromatic nitrogens is 3. The molecule has 3 heterocycles. The first-order chi connectivity index (χ1) is 18.6. The van der Waals surface area contributed by atoms with E-state index in [9.17, 15) is 0 Å². The third-order valence-electron chi connectivity index (χ3n) is 7.76. The summed E-state index contributed by atoms with van der Waals surface area (Å²) in [5.41, 5.74) is 8.48. The first-order valence-electron chi connectivity index (χ1n) is 13.8. The Morgan fingerprint density at radius 1 is 0.641 bits per heavy atom. The molecule has 0 spiro atoms. The quantitative estimate of drug-likeness (QED) is 0.277. The fourth-order valence-electron chi connectivity index (χ4n) is 5.33. The first-order valence-corrected chi connectivity index (χ1v) is 13.8. The number of fused-ring (bicyclic) bond motifs is 3. The van der Waals surface area contributed by atoms with E-state index in [1.165, 1.54) is 22.3 Å². The highest BCUT2D eigenvalue weighted by atomic mass is 15.2. The van der Waals surface area contributed by atoms with Crippen molar-refractivity contribution in [1.82, 2.24) is 19.9 Å². The van der Waals surface area contributed by atoms with Crippen molar-refractivity contribution >= 4 is 5.57 Å². The predicted octanol–water partition coefficient (Wildman–Crippen LogP) is 8.27. The second-order valence-corrected chi connectivity index (χ2v) is 12.7. The third kappa shape index (κ3) is 4.92. The lowest BCUT2D eigenvalue weighted by Gasteiger charge is -2.25. The van der Waals surface area contributed by atoms with Crippen molar-refractivity contribution in [3.63, 3.8) is 0 Å². The number of benzene rings is 3. The predicted molar refractivity (Wildman–Crippen MR) is 160 cm³/mol. The monoisotopic (exact) mass is 512 g/mol. The average Bonchev–Trinajstić information content (AvgIpc) is 3.30. The highest BCUT2D eigenvalue weighted by Gasteiger charge is 2.29. The summed E-state index contributed by atoms with van der Waals surface area (Å²) in [4.78, 5) is 17.3. The van der Waals surface area contributed by atoms with Gasteiger partial charge in [-0.3, -0.25) is 0 Å². The molecule has 0 bridgehead atoms. The maximum absolute atomic E-state index is 5.00. The van der Waals surface area contributed by atoms with Crippen molar-refractivity contribution in [2.75, 3.05) is 0 Å². The fraction of sp³-hybridized carbons (Fsp3) is 0.286. The molecule has 0 N–H and O–H groups in total. The van der Waals surface area contributed by atoms with Crippen LogP contribution < -0.4 is 0 Å². The SMILES string of the molecule is CC(C)(C)c1ccc(-c2nc(C3=CN4Cc5ccccc5C4C=C3)nc(-c3ccc(C(C)(C)C)cc3)n2)cc1. The molecule has 0 fully saturated rings. The van der Waals surface area contributed by atoms with E-state index < -0.39 is 0 Å². The summed E-state index contributed by atoms with van der Waals surface area (Å²) in [5.74, 6) is 2.08. The molecule has 1 atom stereocenters. The highest BCUT2D eigenvalue weighted by Crippen LogP contribution is 2.39. The van der Waals surface area contributed by atoms with E-state index in [2.05, 4.69) is 138 Å². The molecule has 4 nitrogen and oxygen atoms in total. The van der Waals surface area contributed by atoms with Crippen molar-refractivity contribution in [3.05, 3.63) is 119 Å². The van der Waals surface area contributed by atoms with Gasteiger partial charge in [0.15, 0.2) is 17.5 Å². The molecule has 0 aliphatic carbocycles. The summed E-state index contributed by atoms with van der Waals surface area (Å²) >= 11 is 0. The van der Waals surface area contributed by atoms with Crippen molar-refractivity contribution in [3.8, 4) is 22.8 Å². The van der Waals surface area contributed by atoms with Crippen LogP contribution in [0.25, 0.3) is 28.3 Å². The Hall–Kier alpha value is -4.05. The van der Waals surface area contributed by atoms with Gasteiger partial charge in [-0.25, -0.2) is 15.0 Å². The van der Waals surface area contributed by atoms with Crippen LogP contribution in [0.15, 0.2) is 91.1 Å². The molecule has 0 saturated carbocycles. The van der Waals surface area contributed by atoms with E-state index in [0.717, 1.165) is 23.2 Å². The van der Waals surface area contributed by atoms with Crippen LogP contribution in [-0.4, -0.2) is 19.9 Å². The molecule has 196 valence electrons. The smallest absolute Gasteiger partial charge is 0.165 e. The normalized spacial score (nSPS) is 16.6. The lowest BCUT2D eigenvalue weighted by molar-refractivity contribution is 0.351. The van der Waals surface area contributed by atoms with Gasteiger partial charge in [0.05, 0.1) is 6.04 Å². The summed E-state index contributed by atoms with van der Waals surface area (Å²) in [6.45, 7) is 14.3. The molecule has 2 aliphatic rings. The summed E-state index contributed by atoms with van der Waals surface area (Å²) in [6.07, 6.45) is 6.64. The van der Waals surface area contributed by atoms with Gasteiger partial charge in [0.2, 0.25) is 0 Å². The van der Waals surface area contributed by atoms with E-state index in [1.807, 2.05) is 0 Å². The number of hydrogen-bond acceptors (Lipinski definition) is 4. The zero-order chi connectivity index (χ0) is 27.4. The van der Waals surface area contributed by atoms with Gasteiger partial charge in [-0.1, -0.05) is 126 Å². The zero-order valence-corrected chi connectivity index (χ0v) is 23.7. The van der Waals surface area contributed by atoms with Crippen LogP contribution >= 0.6 is 0 Å². The summed E-state index contributed by atoms with van der Waals surface area (Å²) in [7, 11) is 0. The molecule has 0 saturated heterocycles. The van der Waals surface area contributed by atoms with Crippen molar-refractivity contribution < 1.29 is 0 Å². The summed E-state index contributed by atoms with van der Waals surface area (Å²) < 4.78 is 0. The zero-order valence-electron chi connectivity index (χ0n) is 23.7. The minimum Gasteiger partial charge on any atom is -0.362 e. The van der Waals surface area contributed by atoms with E-state index in [1.54, 1.807) is 0 Å². The van der Waals surface area contributed by atoms with Crippen LogP contribution in [0.3, 0.4) is 0 Å². The molecule has 3 aromatic carbocycles. The highest BCUT2D eigenvalue weighted by molar-refractivity contribution is 5.74. The number of nitrogens with zero attached hydrogens (tertiary/aromatic N) is 4. The molecule has 39 heavy (non-hydrogen) atoms. The van der Waals surface area contributed by atoms with Crippen LogP contribution in [0.5, 0.6) is 0 Å². The van der Waals surface area contributed by atoms with Crippen molar-refractivity contribution in [1.29, 1.82) is 0 Å². The Morgan fingerprint density at radius 3 is 1.69 bits per heavy atom. The van der Waals surface area contributed by atoms with Crippen LogP contribution in [0, 0.1) is 0 Å². The largest absolute Gasteiger partial charge is 0.362 e. The molecular weight excluding hydrogens is 476 g/mol. The van der Waals surface area contributed by atoms with Gasteiger partial charge < -0.3 is 4.90 Å². The third-order valence-corrected chi connectivity index (χ3v) is 7.76. The Balaban J connectivity index is 1.42. The van der Waals surface area contributed by atoms with E-state index >= 15 is 0 Å². The molecular formula is C35H36N4. The number of hydrogen-bond donors (Lipinski definition) is 0.